The van der Waals surface area contributed by atoms with Crippen LogP contribution in [0.3, 0.4) is 0 Å². The third kappa shape index (κ3) is 2.83. The van der Waals surface area contributed by atoms with Crippen molar-refractivity contribution < 1.29 is 15.0 Å². The fourth-order valence-electron chi connectivity index (χ4n) is 2.74. The fourth-order valence-corrected chi connectivity index (χ4v) is 2.74. The molecule has 0 radical (unpaired) electrons. The number of hydrogen-bond donors (Lipinski definition) is 3. The number of H-pyrrole nitrogens is 1. The minimum absolute atomic E-state index is 0.206. The van der Waals surface area contributed by atoms with Gasteiger partial charge in [-0.1, -0.05) is 24.3 Å². The molecule has 0 atom stereocenters. The van der Waals surface area contributed by atoms with Crippen molar-refractivity contribution in [1.82, 2.24) is 9.55 Å². The molecule has 7 nitrogen and oxygen atoms in total. The molecule has 3 N–H and O–H groups in total. The molecule has 1 aromatic carbocycles. The number of hydrogen-bond acceptors (Lipinski definition) is 4. The predicted octanol–water partition coefficient (Wildman–Crippen LogP) is 0.660. The predicted molar refractivity (Wildman–Crippen MR) is 82.1 cm³/mol. The number of carboxylic acids is 1. The van der Waals surface area contributed by atoms with E-state index in [9.17, 15) is 19.5 Å². The largest absolute Gasteiger partial charge is 0.480 e. The lowest BCUT2D eigenvalue weighted by Gasteiger charge is -2.37. The highest BCUT2D eigenvalue weighted by Gasteiger charge is 2.35. The van der Waals surface area contributed by atoms with Gasteiger partial charge in [-0.15, -0.1) is 0 Å². The van der Waals surface area contributed by atoms with E-state index < -0.39 is 29.4 Å². The molecule has 1 saturated carbocycles. The molecule has 0 saturated heterocycles. The van der Waals surface area contributed by atoms with E-state index in [1.165, 1.54) is 6.20 Å². The van der Waals surface area contributed by atoms with Gasteiger partial charge in [0.25, 0.3) is 5.56 Å². The Morgan fingerprint density at radius 3 is 2.39 bits per heavy atom. The van der Waals surface area contributed by atoms with Gasteiger partial charge in [-0.3, -0.25) is 19.1 Å². The van der Waals surface area contributed by atoms with Crippen LogP contribution in [0, 0.1) is 0 Å². The van der Waals surface area contributed by atoms with Crippen LogP contribution in [-0.4, -0.2) is 25.7 Å². The molecule has 0 unspecified atom stereocenters. The average molecular weight is 316 g/mol. The molecule has 3 rings (SSSR count). The van der Waals surface area contributed by atoms with Crippen molar-refractivity contribution in [1.29, 1.82) is 0 Å². The summed E-state index contributed by atoms with van der Waals surface area (Å²) >= 11 is 0. The number of benzene rings is 1. The molecule has 120 valence electrons. The molecular formula is C16H16N2O5. The lowest BCUT2D eigenvalue weighted by molar-refractivity contribution is -0.137. The van der Waals surface area contributed by atoms with Crippen LogP contribution in [0.15, 0.2) is 40.1 Å². The Kier molecular flexibility index (Phi) is 3.65. The average Bonchev–Trinajstić information content (AvgIpc) is 2.47. The zero-order chi connectivity index (χ0) is 16.6. The summed E-state index contributed by atoms with van der Waals surface area (Å²) in [7, 11) is 0. The lowest BCUT2D eigenvalue weighted by Crippen LogP contribution is -2.33. The fraction of sp³-hybridized carbons (Fsp3) is 0.312. The van der Waals surface area contributed by atoms with E-state index >= 15 is 0 Å². The van der Waals surface area contributed by atoms with Crippen molar-refractivity contribution >= 4 is 5.97 Å². The van der Waals surface area contributed by atoms with Crippen molar-refractivity contribution in [3.8, 4) is 11.1 Å². The highest BCUT2D eigenvalue weighted by molar-refractivity contribution is 5.67. The van der Waals surface area contributed by atoms with E-state index in [0.29, 0.717) is 5.56 Å². The minimum Gasteiger partial charge on any atom is -0.480 e. The number of nitrogens with zero attached hydrogens (tertiary/aromatic N) is 1. The van der Waals surface area contributed by atoms with Gasteiger partial charge in [0.1, 0.15) is 6.54 Å². The van der Waals surface area contributed by atoms with Gasteiger partial charge < -0.3 is 10.2 Å². The van der Waals surface area contributed by atoms with Gasteiger partial charge in [-0.2, -0.15) is 0 Å². The molecule has 0 amide bonds. The molecule has 1 heterocycles. The van der Waals surface area contributed by atoms with Crippen LogP contribution in [0.25, 0.3) is 11.1 Å². The lowest BCUT2D eigenvalue weighted by atomic mass is 9.75. The molecule has 1 aromatic heterocycles. The third-order valence-corrected chi connectivity index (χ3v) is 4.23. The summed E-state index contributed by atoms with van der Waals surface area (Å²) < 4.78 is 0.937. The Morgan fingerprint density at radius 1 is 1.22 bits per heavy atom. The van der Waals surface area contributed by atoms with Gasteiger partial charge in [0.2, 0.25) is 0 Å². The summed E-state index contributed by atoms with van der Waals surface area (Å²) in [5.41, 5.74) is -0.571. The highest BCUT2D eigenvalue weighted by atomic mass is 16.4. The maximum Gasteiger partial charge on any atom is 0.328 e. The first-order valence-electron chi connectivity index (χ1n) is 7.28. The van der Waals surface area contributed by atoms with Crippen molar-refractivity contribution in [2.24, 2.45) is 0 Å². The second-order valence-corrected chi connectivity index (χ2v) is 5.79. The van der Waals surface area contributed by atoms with Crippen LogP contribution in [0.2, 0.25) is 0 Å². The molecule has 1 fully saturated rings. The number of aliphatic hydroxyl groups is 1. The molecule has 1 aliphatic rings. The monoisotopic (exact) mass is 316 g/mol. The number of aromatic nitrogens is 2. The first kappa shape index (κ1) is 15.2. The topological polar surface area (TPSA) is 112 Å². The summed E-state index contributed by atoms with van der Waals surface area (Å²) in [5, 5.41) is 19.1. The van der Waals surface area contributed by atoms with Gasteiger partial charge in [-0.25, -0.2) is 4.79 Å². The number of aromatic amines is 1. The second-order valence-electron chi connectivity index (χ2n) is 5.79. The van der Waals surface area contributed by atoms with E-state index in [4.69, 9.17) is 5.11 Å². The van der Waals surface area contributed by atoms with E-state index in [1.807, 2.05) is 0 Å². The van der Waals surface area contributed by atoms with Crippen LogP contribution in [0.4, 0.5) is 0 Å². The summed E-state index contributed by atoms with van der Waals surface area (Å²) in [6.45, 7) is -0.527. The Labute approximate surface area is 130 Å². The van der Waals surface area contributed by atoms with Crippen LogP contribution in [-0.2, 0) is 16.9 Å². The first-order valence-corrected chi connectivity index (χ1v) is 7.28. The van der Waals surface area contributed by atoms with Gasteiger partial charge >= 0.3 is 11.7 Å². The smallest absolute Gasteiger partial charge is 0.328 e. The normalized spacial score (nSPS) is 15.9. The summed E-state index contributed by atoms with van der Waals surface area (Å²) in [4.78, 5) is 36.5. The zero-order valence-corrected chi connectivity index (χ0v) is 12.3. The molecular weight excluding hydrogens is 300 g/mol. The van der Waals surface area contributed by atoms with Crippen LogP contribution >= 0.6 is 0 Å². The molecule has 7 heteroatoms. The molecule has 0 aliphatic heterocycles. The molecule has 2 aromatic rings. The molecule has 0 spiro atoms. The SMILES string of the molecule is O=C(O)Cn1cc(-c2ccc(C3(O)CCC3)cc2)c(=O)[nH]c1=O. The number of rotatable bonds is 4. The Bertz CT molecular complexity index is 859. The van der Waals surface area contributed by atoms with Gasteiger partial charge in [0.15, 0.2) is 0 Å². The zero-order valence-electron chi connectivity index (χ0n) is 12.3. The number of nitrogens with one attached hydrogen (secondary N) is 1. The number of carbonyl (C=O) groups is 1. The second kappa shape index (κ2) is 5.51. The van der Waals surface area contributed by atoms with Crippen LogP contribution in [0.5, 0.6) is 0 Å². The van der Waals surface area contributed by atoms with Gasteiger partial charge in [0, 0.05) is 6.20 Å². The van der Waals surface area contributed by atoms with Crippen LogP contribution < -0.4 is 11.2 Å². The quantitative estimate of drug-likeness (QED) is 0.767. The van der Waals surface area contributed by atoms with Crippen LogP contribution in [0.1, 0.15) is 24.8 Å². The maximum absolute atomic E-state index is 12.0. The summed E-state index contributed by atoms with van der Waals surface area (Å²) in [5.74, 6) is -1.17. The Morgan fingerprint density at radius 2 is 1.87 bits per heavy atom. The minimum atomic E-state index is -1.17. The molecule has 0 bridgehead atoms. The van der Waals surface area contributed by atoms with E-state index in [-0.39, 0.29) is 5.56 Å². The van der Waals surface area contributed by atoms with Crippen molar-refractivity contribution in [2.45, 2.75) is 31.4 Å². The number of aliphatic carboxylic acids is 1. The number of carboxylic acid groups (broad SMARTS) is 1. The van der Waals surface area contributed by atoms with Crippen molar-refractivity contribution in [2.75, 3.05) is 0 Å². The van der Waals surface area contributed by atoms with Crippen molar-refractivity contribution in [3.05, 3.63) is 56.9 Å². The summed E-state index contributed by atoms with van der Waals surface area (Å²) in [6, 6.07) is 6.87. The Balaban J connectivity index is 1.99. The van der Waals surface area contributed by atoms with E-state index in [2.05, 4.69) is 4.98 Å². The van der Waals surface area contributed by atoms with Crippen molar-refractivity contribution in [3.63, 3.8) is 0 Å². The third-order valence-electron chi connectivity index (χ3n) is 4.23. The maximum atomic E-state index is 12.0. The standard InChI is InChI=1S/C16H16N2O5/c19-13(20)9-18-8-12(14(21)17-15(18)22)10-2-4-11(5-3-10)16(23)6-1-7-16/h2-5,8,23H,1,6-7,9H2,(H,19,20)(H,17,21,22). The summed E-state index contributed by atoms with van der Waals surface area (Å²) in [6.07, 6.45) is 3.66. The first-order chi connectivity index (χ1) is 10.9. The van der Waals surface area contributed by atoms with Gasteiger partial charge in [0.05, 0.1) is 11.2 Å². The van der Waals surface area contributed by atoms with E-state index in [1.54, 1.807) is 24.3 Å². The molecule has 23 heavy (non-hydrogen) atoms. The Hall–Kier alpha value is -2.67. The van der Waals surface area contributed by atoms with E-state index in [0.717, 1.165) is 29.4 Å². The molecule has 1 aliphatic carbocycles. The van der Waals surface area contributed by atoms with Gasteiger partial charge in [-0.05, 0) is 30.4 Å². The highest BCUT2D eigenvalue weighted by Crippen LogP contribution is 2.41.